The summed E-state index contributed by atoms with van der Waals surface area (Å²) in [6.07, 6.45) is 8.66. The van der Waals surface area contributed by atoms with E-state index >= 15 is 0 Å². The predicted molar refractivity (Wildman–Crippen MR) is 127 cm³/mol. The van der Waals surface area contributed by atoms with E-state index in [4.69, 9.17) is 4.74 Å². The van der Waals surface area contributed by atoms with Crippen molar-refractivity contribution >= 4 is 40.0 Å². The second-order valence-corrected chi connectivity index (χ2v) is 9.63. The van der Waals surface area contributed by atoms with Crippen molar-refractivity contribution < 1.29 is 13.2 Å². The van der Waals surface area contributed by atoms with Crippen LogP contribution in [0.1, 0.15) is 32.6 Å². The van der Waals surface area contributed by atoms with Crippen LogP contribution >= 0.6 is 24.0 Å². The fraction of sp³-hybridized carbons (Fsp3) is 0.842. The van der Waals surface area contributed by atoms with E-state index in [-0.39, 0.29) is 42.4 Å². The lowest BCUT2D eigenvalue weighted by Crippen LogP contribution is -2.43. The Morgan fingerprint density at radius 1 is 1.24 bits per heavy atom. The Balaban J connectivity index is 0.00000300. The van der Waals surface area contributed by atoms with Gasteiger partial charge in [-0.3, -0.25) is 9.89 Å². The fourth-order valence-electron chi connectivity index (χ4n) is 3.98. The first-order chi connectivity index (χ1) is 13.6. The third kappa shape index (κ3) is 7.97. The number of rotatable bonds is 8. The van der Waals surface area contributed by atoms with Gasteiger partial charge in [0.05, 0.1) is 18.4 Å². The molecule has 2 unspecified atom stereocenters. The maximum Gasteiger partial charge on any atom is 0.213 e. The Labute approximate surface area is 192 Å². The molecular formula is C19H36IN5O3S. The van der Waals surface area contributed by atoms with Crippen LogP contribution < -0.4 is 10.0 Å². The van der Waals surface area contributed by atoms with Gasteiger partial charge in [-0.05, 0) is 32.6 Å². The summed E-state index contributed by atoms with van der Waals surface area (Å²) in [7, 11) is -3.34. The van der Waals surface area contributed by atoms with Crippen LogP contribution in [0.2, 0.25) is 0 Å². The summed E-state index contributed by atoms with van der Waals surface area (Å²) < 4.78 is 32.8. The van der Waals surface area contributed by atoms with Gasteiger partial charge in [-0.1, -0.05) is 12.2 Å². The van der Waals surface area contributed by atoms with Crippen molar-refractivity contribution in [2.45, 2.75) is 44.8 Å². The number of ether oxygens (including phenoxy) is 1. The number of aliphatic imine (C=N–C) groups is 1. The van der Waals surface area contributed by atoms with Gasteiger partial charge in [0.15, 0.2) is 5.96 Å². The maximum absolute atomic E-state index is 12.3. The Morgan fingerprint density at radius 2 is 2.03 bits per heavy atom. The first kappa shape index (κ1) is 24.8. The molecule has 2 N–H and O–H groups in total. The average molecular weight is 542 g/mol. The predicted octanol–water partition coefficient (Wildman–Crippen LogP) is 1.00. The van der Waals surface area contributed by atoms with Crippen molar-refractivity contribution in [3.63, 3.8) is 0 Å². The van der Waals surface area contributed by atoms with Crippen LogP contribution in [0.4, 0.5) is 0 Å². The lowest BCUT2D eigenvalue weighted by Gasteiger charge is -2.25. The third-order valence-electron chi connectivity index (χ3n) is 5.59. The van der Waals surface area contributed by atoms with E-state index in [0.29, 0.717) is 12.6 Å². The van der Waals surface area contributed by atoms with E-state index in [1.807, 2.05) is 6.92 Å². The van der Waals surface area contributed by atoms with Crippen molar-refractivity contribution in [2.75, 3.05) is 58.2 Å². The molecule has 29 heavy (non-hydrogen) atoms. The van der Waals surface area contributed by atoms with Crippen molar-refractivity contribution in [3.05, 3.63) is 12.2 Å². The minimum Gasteiger partial charge on any atom is -0.377 e. The van der Waals surface area contributed by atoms with Crippen LogP contribution in [-0.2, 0) is 14.8 Å². The van der Waals surface area contributed by atoms with Crippen molar-refractivity contribution in [1.29, 1.82) is 0 Å². The van der Waals surface area contributed by atoms with Gasteiger partial charge in [0.2, 0.25) is 10.0 Å². The zero-order valence-corrected chi connectivity index (χ0v) is 20.5. The summed E-state index contributed by atoms with van der Waals surface area (Å²) in [4.78, 5) is 9.31. The molecule has 0 amide bonds. The summed E-state index contributed by atoms with van der Waals surface area (Å²) >= 11 is 0. The topological polar surface area (TPSA) is 86.3 Å². The van der Waals surface area contributed by atoms with Crippen LogP contribution in [0, 0.1) is 0 Å². The van der Waals surface area contributed by atoms with Crippen LogP contribution in [0.15, 0.2) is 17.1 Å². The minimum absolute atomic E-state index is 0. The fourth-order valence-corrected chi connectivity index (χ4v) is 4.90. The number of likely N-dealkylation sites (tertiary alicyclic amines) is 1. The van der Waals surface area contributed by atoms with Gasteiger partial charge in [-0.15, -0.1) is 24.0 Å². The normalized spacial score (nSPS) is 26.0. The molecule has 3 rings (SSSR count). The molecular weight excluding hydrogens is 505 g/mol. The number of hydrogen-bond donors (Lipinski definition) is 2. The minimum atomic E-state index is -3.34. The molecule has 10 heteroatoms. The highest BCUT2D eigenvalue weighted by Gasteiger charge is 2.29. The van der Waals surface area contributed by atoms with Crippen LogP contribution in [0.25, 0.3) is 0 Å². The molecule has 3 aliphatic rings. The molecule has 8 nitrogen and oxygen atoms in total. The first-order valence-electron chi connectivity index (χ1n) is 10.6. The highest BCUT2D eigenvalue weighted by Crippen LogP contribution is 2.18. The van der Waals surface area contributed by atoms with Crippen molar-refractivity contribution in [2.24, 2.45) is 4.99 Å². The summed E-state index contributed by atoms with van der Waals surface area (Å²) in [6, 6.07) is 0.541. The Kier molecular flexibility index (Phi) is 10.6. The summed E-state index contributed by atoms with van der Waals surface area (Å²) in [5.41, 5.74) is 0. The SMILES string of the molecule is CCNC(=NCCS(=O)(=O)NCC1CCCCO1)N1CCC(N2CC=CC2)C1.I. The van der Waals surface area contributed by atoms with Gasteiger partial charge in [0.1, 0.15) is 0 Å². The number of sulfonamides is 1. The molecule has 0 bridgehead atoms. The second kappa shape index (κ2) is 12.4. The van der Waals surface area contributed by atoms with E-state index in [2.05, 4.69) is 37.0 Å². The number of hydrogen-bond acceptors (Lipinski definition) is 5. The van der Waals surface area contributed by atoms with E-state index in [1.165, 1.54) is 0 Å². The second-order valence-electron chi connectivity index (χ2n) is 7.71. The molecule has 3 aliphatic heterocycles. The number of nitrogens with one attached hydrogen (secondary N) is 2. The van der Waals surface area contributed by atoms with Gasteiger partial charge in [0.25, 0.3) is 0 Å². The number of nitrogens with zero attached hydrogens (tertiary/aromatic N) is 3. The summed E-state index contributed by atoms with van der Waals surface area (Å²) in [5.74, 6) is 0.824. The molecule has 3 heterocycles. The van der Waals surface area contributed by atoms with Gasteiger partial charge < -0.3 is 15.0 Å². The summed E-state index contributed by atoms with van der Waals surface area (Å²) in [5, 5.41) is 3.31. The molecule has 0 radical (unpaired) electrons. The highest BCUT2D eigenvalue weighted by atomic mass is 127. The molecule has 0 aromatic heterocycles. The first-order valence-corrected chi connectivity index (χ1v) is 12.2. The summed E-state index contributed by atoms with van der Waals surface area (Å²) in [6.45, 7) is 8.12. The average Bonchev–Trinajstić information content (AvgIpc) is 3.38. The van der Waals surface area contributed by atoms with Crippen molar-refractivity contribution in [1.82, 2.24) is 19.8 Å². The Bertz CT molecular complexity index is 644. The van der Waals surface area contributed by atoms with Crippen LogP contribution in [0.3, 0.4) is 0 Å². The van der Waals surface area contributed by atoms with Crippen LogP contribution in [-0.4, -0.2) is 94.5 Å². The molecule has 0 spiro atoms. The van der Waals surface area contributed by atoms with Gasteiger partial charge in [0, 0.05) is 51.9 Å². The van der Waals surface area contributed by atoms with E-state index < -0.39 is 10.0 Å². The molecule has 168 valence electrons. The zero-order valence-electron chi connectivity index (χ0n) is 17.4. The van der Waals surface area contributed by atoms with E-state index in [0.717, 1.165) is 71.0 Å². The molecule has 2 fully saturated rings. The van der Waals surface area contributed by atoms with E-state index in [9.17, 15) is 8.42 Å². The molecule has 2 saturated heterocycles. The molecule has 0 aromatic carbocycles. The Morgan fingerprint density at radius 3 is 2.72 bits per heavy atom. The quantitative estimate of drug-likeness (QED) is 0.207. The van der Waals surface area contributed by atoms with Gasteiger partial charge in [-0.25, -0.2) is 13.1 Å². The Hall–Kier alpha value is -0.430. The maximum atomic E-state index is 12.3. The smallest absolute Gasteiger partial charge is 0.213 e. The highest BCUT2D eigenvalue weighted by molar-refractivity contribution is 14.0. The molecule has 2 atom stereocenters. The molecule has 0 aromatic rings. The molecule has 0 aliphatic carbocycles. The number of halogens is 1. The van der Waals surface area contributed by atoms with Gasteiger partial charge in [-0.2, -0.15) is 0 Å². The third-order valence-corrected chi connectivity index (χ3v) is 6.91. The van der Waals surface area contributed by atoms with Gasteiger partial charge >= 0.3 is 0 Å². The molecule has 0 saturated carbocycles. The van der Waals surface area contributed by atoms with Crippen molar-refractivity contribution in [3.8, 4) is 0 Å². The number of guanidine groups is 1. The van der Waals surface area contributed by atoms with E-state index in [1.54, 1.807) is 0 Å². The monoisotopic (exact) mass is 541 g/mol. The lowest BCUT2D eigenvalue weighted by molar-refractivity contribution is 0.0200. The standard InChI is InChI=1S/C19H35N5O3S.HI/c1-2-20-19(24-12-8-17(16-24)23-10-4-5-11-23)21-9-14-28(25,26)22-15-18-7-3-6-13-27-18;/h4-5,17-18,22H,2-3,6-16H2,1H3,(H,20,21);1H. The lowest BCUT2D eigenvalue weighted by atomic mass is 10.1. The van der Waals surface area contributed by atoms with Crippen LogP contribution in [0.5, 0.6) is 0 Å². The zero-order chi connectivity index (χ0) is 19.8. The largest absolute Gasteiger partial charge is 0.377 e.